The Bertz CT molecular complexity index is 691. The van der Waals surface area contributed by atoms with Crippen LogP contribution in [0.3, 0.4) is 0 Å². The number of fused-ring (bicyclic) bond motifs is 3. The van der Waals surface area contributed by atoms with Crippen LogP contribution in [0.4, 0.5) is 0 Å². The highest BCUT2D eigenvalue weighted by Gasteiger charge is 2.58. The summed E-state index contributed by atoms with van der Waals surface area (Å²) in [4.78, 5) is 9.41. The molecule has 2 heterocycles. The first-order chi connectivity index (χ1) is 11.7. The van der Waals surface area contributed by atoms with Gasteiger partial charge in [0.1, 0.15) is 5.82 Å². The zero-order valence-corrected chi connectivity index (χ0v) is 16.1. The van der Waals surface area contributed by atoms with Crippen LogP contribution in [0, 0.1) is 11.8 Å². The van der Waals surface area contributed by atoms with E-state index in [4.69, 9.17) is 14.5 Å². The molecule has 1 aliphatic heterocycles. The molecule has 3 aliphatic rings. The van der Waals surface area contributed by atoms with Gasteiger partial charge in [-0.15, -0.1) is 0 Å². The van der Waals surface area contributed by atoms with Crippen molar-refractivity contribution in [1.29, 1.82) is 0 Å². The molecule has 0 amide bonds. The Morgan fingerprint density at radius 1 is 1.12 bits per heavy atom. The van der Waals surface area contributed by atoms with Gasteiger partial charge in [-0.05, 0) is 25.2 Å². The van der Waals surface area contributed by atoms with Crippen LogP contribution in [-0.4, -0.2) is 34.1 Å². The average Bonchev–Trinajstić information content (AvgIpc) is 3.01. The smallest absolute Gasteiger partial charge is 0.217 e. The predicted molar refractivity (Wildman–Crippen MR) is 94.6 cm³/mol. The lowest BCUT2D eigenvalue weighted by Gasteiger charge is -2.54. The van der Waals surface area contributed by atoms with E-state index in [1.807, 2.05) is 0 Å². The maximum atomic E-state index is 10.6. The van der Waals surface area contributed by atoms with Crippen LogP contribution in [-0.2, 0) is 26.7 Å². The van der Waals surface area contributed by atoms with Crippen molar-refractivity contribution < 1.29 is 14.6 Å². The Morgan fingerprint density at radius 2 is 1.80 bits per heavy atom. The van der Waals surface area contributed by atoms with Gasteiger partial charge in [0.25, 0.3) is 0 Å². The van der Waals surface area contributed by atoms with Gasteiger partial charge in [0, 0.05) is 28.7 Å². The Labute approximate surface area is 150 Å². The van der Waals surface area contributed by atoms with Gasteiger partial charge in [0.2, 0.25) is 5.88 Å². The molecular formula is C20H30N2O3. The second-order valence-corrected chi connectivity index (χ2v) is 9.31. The Morgan fingerprint density at radius 3 is 2.44 bits per heavy atom. The fourth-order valence-corrected chi connectivity index (χ4v) is 5.26. The van der Waals surface area contributed by atoms with Crippen molar-refractivity contribution >= 4 is 0 Å². The first-order valence-corrected chi connectivity index (χ1v) is 9.56. The van der Waals surface area contributed by atoms with E-state index in [2.05, 4.69) is 39.6 Å². The van der Waals surface area contributed by atoms with E-state index in [1.54, 1.807) is 0 Å². The standard InChI is InChI=1S/C20H30N2O3/c1-12-14-7-6-13-15(21-17(18(2,3)4)22-16(13)23)19(14,5)8-9-20(12)24-10-11-25-20/h12,14H,6-11H2,1-5H3,(H,21,22,23)/t12-,14-,19-/m0/s1. The van der Waals surface area contributed by atoms with Crippen LogP contribution in [0.1, 0.15) is 71.0 Å². The lowest BCUT2D eigenvalue weighted by atomic mass is 9.55. The van der Waals surface area contributed by atoms with Crippen molar-refractivity contribution in [2.75, 3.05) is 13.2 Å². The summed E-state index contributed by atoms with van der Waals surface area (Å²) in [5, 5.41) is 10.6. The topological polar surface area (TPSA) is 64.5 Å². The van der Waals surface area contributed by atoms with E-state index in [1.165, 1.54) is 0 Å². The predicted octanol–water partition coefficient (Wildman–Crippen LogP) is 3.47. The normalized spacial score (nSPS) is 34.0. The van der Waals surface area contributed by atoms with Gasteiger partial charge < -0.3 is 14.6 Å². The molecule has 0 aromatic carbocycles. The number of rotatable bonds is 0. The quantitative estimate of drug-likeness (QED) is 0.779. The van der Waals surface area contributed by atoms with E-state index < -0.39 is 5.79 Å². The van der Waals surface area contributed by atoms with Gasteiger partial charge in [-0.2, -0.15) is 4.98 Å². The molecule has 2 fully saturated rings. The number of aromatic nitrogens is 2. The molecule has 1 spiro atoms. The van der Waals surface area contributed by atoms with Gasteiger partial charge in [-0.3, -0.25) is 0 Å². The third-order valence-electron chi connectivity index (χ3n) is 6.79. The van der Waals surface area contributed by atoms with Crippen LogP contribution < -0.4 is 0 Å². The highest BCUT2D eigenvalue weighted by molar-refractivity contribution is 5.40. The first-order valence-electron chi connectivity index (χ1n) is 9.56. The average molecular weight is 346 g/mol. The zero-order valence-electron chi connectivity index (χ0n) is 16.1. The summed E-state index contributed by atoms with van der Waals surface area (Å²) in [5.41, 5.74) is 1.76. The summed E-state index contributed by atoms with van der Waals surface area (Å²) in [7, 11) is 0. The largest absolute Gasteiger partial charge is 0.493 e. The monoisotopic (exact) mass is 346 g/mol. The van der Waals surface area contributed by atoms with Crippen LogP contribution in [0.25, 0.3) is 0 Å². The van der Waals surface area contributed by atoms with E-state index in [-0.39, 0.29) is 16.7 Å². The maximum Gasteiger partial charge on any atom is 0.217 e. The minimum Gasteiger partial charge on any atom is -0.493 e. The Kier molecular flexibility index (Phi) is 3.72. The molecule has 1 aromatic heterocycles. The molecule has 1 aromatic rings. The molecule has 1 saturated heterocycles. The Hall–Kier alpha value is -1.20. The molecule has 3 atom stereocenters. The molecule has 4 rings (SSSR count). The van der Waals surface area contributed by atoms with Crippen molar-refractivity contribution in [2.24, 2.45) is 11.8 Å². The summed E-state index contributed by atoms with van der Waals surface area (Å²) in [6.45, 7) is 12.3. The minimum atomic E-state index is -0.413. The molecule has 5 heteroatoms. The van der Waals surface area contributed by atoms with E-state index >= 15 is 0 Å². The molecule has 5 nitrogen and oxygen atoms in total. The van der Waals surface area contributed by atoms with Crippen molar-refractivity contribution in [2.45, 2.75) is 76.9 Å². The van der Waals surface area contributed by atoms with E-state index in [9.17, 15) is 5.11 Å². The van der Waals surface area contributed by atoms with Crippen LogP contribution in [0.15, 0.2) is 0 Å². The summed E-state index contributed by atoms with van der Waals surface area (Å²) >= 11 is 0. The summed E-state index contributed by atoms with van der Waals surface area (Å²) in [6.07, 6.45) is 3.70. The summed E-state index contributed by atoms with van der Waals surface area (Å²) in [5.74, 6) is 1.25. The number of hydrogen-bond donors (Lipinski definition) is 1. The van der Waals surface area contributed by atoms with Gasteiger partial charge in [-0.25, -0.2) is 4.98 Å². The molecule has 25 heavy (non-hydrogen) atoms. The lowest BCUT2D eigenvalue weighted by Crippen LogP contribution is -2.55. The van der Waals surface area contributed by atoms with Crippen molar-refractivity contribution in [3.63, 3.8) is 0 Å². The van der Waals surface area contributed by atoms with Gasteiger partial charge in [0.05, 0.1) is 18.9 Å². The third kappa shape index (κ3) is 2.42. The van der Waals surface area contributed by atoms with Crippen molar-refractivity contribution in [3.05, 3.63) is 17.1 Å². The van der Waals surface area contributed by atoms with E-state index in [0.717, 1.165) is 42.8 Å². The molecule has 1 N–H and O–H groups in total. The molecular weight excluding hydrogens is 316 g/mol. The second-order valence-electron chi connectivity index (χ2n) is 9.31. The number of aromatic hydroxyl groups is 1. The third-order valence-corrected chi connectivity index (χ3v) is 6.79. The van der Waals surface area contributed by atoms with E-state index in [0.29, 0.717) is 25.0 Å². The molecule has 0 radical (unpaired) electrons. The van der Waals surface area contributed by atoms with Crippen molar-refractivity contribution in [1.82, 2.24) is 9.97 Å². The molecule has 2 aliphatic carbocycles. The lowest BCUT2D eigenvalue weighted by molar-refractivity contribution is -0.234. The molecule has 1 saturated carbocycles. The van der Waals surface area contributed by atoms with Crippen LogP contribution in [0.5, 0.6) is 5.88 Å². The Balaban J connectivity index is 1.79. The highest BCUT2D eigenvalue weighted by atomic mass is 16.7. The van der Waals surface area contributed by atoms with Crippen LogP contribution in [0.2, 0.25) is 0 Å². The fourth-order valence-electron chi connectivity index (χ4n) is 5.26. The summed E-state index contributed by atoms with van der Waals surface area (Å²) in [6, 6.07) is 0. The highest BCUT2D eigenvalue weighted by Crippen LogP contribution is 2.57. The molecule has 138 valence electrons. The maximum absolute atomic E-state index is 10.6. The van der Waals surface area contributed by atoms with Gasteiger partial charge in [0.15, 0.2) is 5.79 Å². The van der Waals surface area contributed by atoms with Crippen LogP contribution >= 0.6 is 0 Å². The second kappa shape index (κ2) is 5.40. The molecule has 0 unspecified atom stereocenters. The fraction of sp³-hybridized carbons (Fsp3) is 0.800. The number of ether oxygens (including phenoxy) is 2. The minimum absolute atomic E-state index is 0.0615. The SMILES string of the molecule is C[C@H]1[C@@H]2CCc3c(O)nc(C(C)(C)C)nc3[C@@]2(C)CCC12OCCO2. The van der Waals surface area contributed by atoms with Crippen molar-refractivity contribution in [3.8, 4) is 5.88 Å². The zero-order chi connectivity index (χ0) is 18.0. The van der Waals surface area contributed by atoms with Gasteiger partial charge in [-0.1, -0.05) is 34.6 Å². The first kappa shape index (κ1) is 17.2. The molecule has 0 bridgehead atoms. The number of nitrogens with zero attached hydrogens (tertiary/aromatic N) is 2. The summed E-state index contributed by atoms with van der Waals surface area (Å²) < 4.78 is 12.1. The van der Waals surface area contributed by atoms with Gasteiger partial charge >= 0.3 is 0 Å². The number of hydrogen-bond acceptors (Lipinski definition) is 5.